The molecule has 2 heteroatoms. The van der Waals surface area contributed by atoms with E-state index in [1.807, 2.05) is 35.2 Å². The highest BCUT2D eigenvalue weighted by Crippen LogP contribution is 2.03. The molecule has 1 aromatic carbocycles. The van der Waals surface area contributed by atoms with Crippen molar-refractivity contribution in [2.75, 3.05) is 13.1 Å². The average Bonchev–Trinajstić information content (AvgIpc) is 2.21. The highest BCUT2D eigenvalue weighted by molar-refractivity contribution is 5.96. The Labute approximate surface area is 79.7 Å². The van der Waals surface area contributed by atoms with Crippen LogP contribution in [0.5, 0.6) is 0 Å². The van der Waals surface area contributed by atoms with Gasteiger partial charge >= 0.3 is 0 Å². The number of nitrogens with zero attached hydrogens (tertiary/aromatic N) is 1. The summed E-state index contributed by atoms with van der Waals surface area (Å²) >= 11 is 0. The summed E-state index contributed by atoms with van der Waals surface area (Å²) in [5, 5.41) is 7.91. The zero-order valence-corrected chi connectivity index (χ0v) is 8.25. The van der Waals surface area contributed by atoms with E-state index in [1.165, 1.54) is 0 Å². The number of benzene rings is 1. The second-order valence-corrected chi connectivity index (χ2v) is 2.89. The van der Waals surface area contributed by atoms with Gasteiger partial charge in [-0.2, -0.15) is 0 Å². The molecule has 0 aliphatic rings. The first kappa shape index (κ1) is 9.78. The zero-order chi connectivity index (χ0) is 9.68. The molecule has 0 aliphatic carbocycles. The minimum atomic E-state index is 0.616. The van der Waals surface area contributed by atoms with Crippen LogP contribution in [0.15, 0.2) is 30.3 Å². The molecule has 0 spiro atoms. The predicted molar refractivity (Wildman–Crippen MR) is 56.2 cm³/mol. The van der Waals surface area contributed by atoms with Crippen molar-refractivity contribution in [1.82, 2.24) is 4.90 Å². The summed E-state index contributed by atoms with van der Waals surface area (Å²) in [6, 6.07) is 9.85. The van der Waals surface area contributed by atoms with Gasteiger partial charge in [-0.15, -0.1) is 0 Å². The summed E-state index contributed by atoms with van der Waals surface area (Å²) < 4.78 is 0. The quantitative estimate of drug-likeness (QED) is 0.555. The summed E-state index contributed by atoms with van der Waals surface area (Å²) in [6.45, 7) is 5.93. The molecule has 0 atom stereocenters. The van der Waals surface area contributed by atoms with Crippen LogP contribution in [-0.2, 0) is 0 Å². The van der Waals surface area contributed by atoms with Crippen molar-refractivity contribution in [1.29, 1.82) is 5.41 Å². The van der Waals surface area contributed by atoms with Crippen LogP contribution in [0.3, 0.4) is 0 Å². The number of amidine groups is 1. The molecular formula is C11H16N2. The standard InChI is InChI=1S/C11H16N2/c1-3-13(4-2)11(12)10-8-6-5-7-9-10/h5-9,12H,3-4H2,1-2H3. The van der Waals surface area contributed by atoms with Crippen LogP contribution >= 0.6 is 0 Å². The van der Waals surface area contributed by atoms with Crippen LogP contribution in [0.2, 0.25) is 0 Å². The van der Waals surface area contributed by atoms with Gasteiger partial charge in [0.15, 0.2) is 0 Å². The van der Waals surface area contributed by atoms with Gasteiger partial charge < -0.3 is 4.90 Å². The van der Waals surface area contributed by atoms with E-state index in [-0.39, 0.29) is 0 Å². The van der Waals surface area contributed by atoms with Gasteiger partial charge in [0.1, 0.15) is 5.84 Å². The largest absolute Gasteiger partial charge is 0.357 e. The van der Waals surface area contributed by atoms with E-state index in [0.29, 0.717) is 5.84 Å². The van der Waals surface area contributed by atoms with E-state index in [9.17, 15) is 0 Å². The minimum absolute atomic E-state index is 0.616. The molecule has 1 N–H and O–H groups in total. The van der Waals surface area contributed by atoms with E-state index in [4.69, 9.17) is 5.41 Å². The Morgan fingerprint density at radius 2 is 1.69 bits per heavy atom. The van der Waals surface area contributed by atoms with Gasteiger partial charge in [-0.25, -0.2) is 0 Å². The van der Waals surface area contributed by atoms with Crippen molar-refractivity contribution < 1.29 is 0 Å². The Kier molecular flexibility index (Phi) is 3.50. The van der Waals surface area contributed by atoms with Crippen molar-refractivity contribution >= 4 is 5.84 Å². The molecule has 70 valence electrons. The molecular weight excluding hydrogens is 160 g/mol. The fourth-order valence-electron chi connectivity index (χ4n) is 1.32. The van der Waals surface area contributed by atoms with Gasteiger partial charge in [0.25, 0.3) is 0 Å². The van der Waals surface area contributed by atoms with Gasteiger partial charge in [0, 0.05) is 18.7 Å². The van der Waals surface area contributed by atoms with Gasteiger partial charge in [-0.05, 0) is 13.8 Å². The summed E-state index contributed by atoms with van der Waals surface area (Å²) in [5.41, 5.74) is 0.992. The van der Waals surface area contributed by atoms with Gasteiger partial charge in [-0.1, -0.05) is 30.3 Å². The minimum Gasteiger partial charge on any atom is -0.357 e. The van der Waals surface area contributed by atoms with Gasteiger partial charge in [-0.3, -0.25) is 5.41 Å². The van der Waals surface area contributed by atoms with Crippen LogP contribution in [-0.4, -0.2) is 23.8 Å². The molecule has 0 bridgehead atoms. The van der Waals surface area contributed by atoms with Crippen LogP contribution < -0.4 is 0 Å². The van der Waals surface area contributed by atoms with Crippen LogP contribution in [0.4, 0.5) is 0 Å². The fraction of sp³-hybridized carbons (Fsp3) is 0.364. The van der Waals surface area contributed by atoms with E-state index < -0.39 is 0 Å². The summed E-state index contributed by atoms with van der Waals surface area (Å²) in [6.07, 6.45) is 0. The van der Waals surface area contributed by atoms with Crippen LogP contribution in [0.1, 0.15) is 19.4 Å². The molecule has 0 aliphatic heterocycles. The average molecular weight is 176 g/mol. The molecule has 0 saturated carbocycles. The molecule has 2 nitrogen and oxygen atoms in total. The van der Waals surface area contributed by atoms with Crippen LogP contribution in [0, 0.1) is 5.41 Å². The Morgan fingerprint density at radius 1 is 1.15 bits per heavy atom. The molecule has 0 heterocycles. The summed E-state index contributed by atoms with van der Waals surface area (Å²) in [4.78, 5) is 2.04. The van der Waals surface area contributed by atoms with Crippen molar-refractivity contribution in [3.63, 3.8) is 0 Å². The first-order valence-electron chi connectivity index (χ1n) is 4.68. The van der Waals surface area contributed by atoms with Crippen molar-refractivity contribution in [3.8, 4) is 0 Å². The Balaban J connectivity index is 2.78. The lowest BCUT2D eigenvalue weighted by atomic mass is 10.2. The number of hydrogen-bond donors (Lipinski definition) is 1. The van der Waals surface area contributed by atoms with Crippen molar-refractivity contribution in [2.45, 2.75) is 13.8 Å². The monoisotopic (exact) mass is 176 g/mol. The summed E-state index contributed by atoms with van der Waals surface area (Å²) in [5.74, 6) is 0.616. The van der Waals surface area contributed by atoms with E-state index in [0.717, 1.165) is 18.7 Å². The molecule has 13 heavy (non-hydrogen) atoms. The smallest absolute Gasteiger partial charge is 0.128 e. The Bertz CT molecular complexity index is 263. The van der Waals surface area contributed by atoms with E-state index in [2.05, 4.69) is 13.8 Å². The normalized spacial score (nSPS) is 9.69. The fourth-order valence-corrected chi connectivity index (χ4v) is 1.32. The maximum Gasteiger partial charge on any atom is 0.128 e. The lowest BCUT2D eigenvalue weighted by Gasteiger charge is -2.21. The van der Waals surface area contributed by atoms with Crippen LogP contribution in [0.25, 0.3) is 0 Å². The SMILES string of the molecule is CCN(CC)C(=N)c1ccccc1. The number of hydrogen-bond acceptors (Lipinski definition) is 1. The third-order valence-electron chi connectivity index (χ3n) is 2.13. The second-order valence-electron chi connectivity index (χ2n) is 2.89. The molecule has 0 saturated heterocycles. The first-order chi connectivity index (χ1) is 6.29. The number of rotatable bonds is 3. The lowest BCUT2D eigenvalue weighted by molar-refractivity contribution is 0.463. The highest BCUT2D eigenvalue weighted by Gasteiger charge is 2.06. The molecule has 0 fully saturated rings. The van der Waals surface area contributed by atoms with Crippen molar-refractivity contribution in [2.24, 2.45) is 0 Å². The highest BCUT2D eigenvalue weighted by atomic mass is 15.1. The Hall–Kier alpha value is -1.31. The molecule has 0 aromatic heterocycles. The number of nitrogens with one attached hydrogen (secondary N) is 1. The maximum absolute atomic E-state index is 7.91. The third-order valence-corrected chi connectivity index (χ3v) is 2.13. The second kappa shape index (κ2) is 4.65. The molecule has 1 aromatic rings. The molecule has 0 unspecified atom stereocenters. The van der Waals surface area contributed by atoms with Gasteiger partial charge in [0.05, 0.1) is 0 Å². The van der Waals surface area contributed by atoms with E-state index >= 15 is 0 Å². The topological polar surface area (TPSA) is 27.1 Å². The summed E-state index contributed by atoms with van der Waals surface area (Å²) in [7, 11) is 0. The molecule has 0 amide bonds. The predicted octanol–water partition coefficient (Wildman–Crippen LogP) is 2.35. The Morgan fingerprint density at radius 3 is 2.15 bits per heavy atom. The molecule has 0 radical (unpaired) electrons. The zero-order valence-electron chi connectivity index (χ0n) is 8.25. The molecule has 1 rings (SSSR count). The van der Waals surface area contributed by atoms with Crippen molar-refractivity contribution in [3.05, 3.63) is 35.9 Å². The third kappa shape index (κ3) is 2.31. The lowest BCUT2D eigenvalue weighted by Crippen LogP contribution is -2.30. The van der Waals surface area contributed by atoms with Gasteiger partial charge in [0.2, 0.25) is 0 Å². The van der Waals surface area contributed by atoms with E-state index in [1.54, 1.807) is 0 Å². The maximum atomic E-state index is 7.91. The first-order valence-corrected chi connectivity index (χ1v) is 4.68.